The zero-order chi connectivity index (χ0) is 49.9. The van der Waals surface area contributed by atoms with Crippen LogP contribution in [0.25, 0.3) is 159 Å². The Hall–Kier alpha value is -10.8. The highest BCUT2D eigenvalue weighted by molar-refractivity contribution is 6.27. The Kier molecular flexibility index (Phi) is 7.99. The number of hydrogen-bond acceptors (Lipinski definition) is 3. The van der Waals surface area contributed by atoms with Crippen molar-refractivity contribution < 1.29 is 8.83 Å². The van der Waals surface area contributed by atoms with Gasteiger partial charge in [0.1, 0.15) is 28.4 Å². The van der Waals surface area contributed by atoms with Crippen molar-refractivity contribution in [3.63, 3.8) is 0 Å². The van der Waals surface area contributed by atoms with Crippen LogP contribution in [0.1, 0.15) is 5.56 Å². The molecule has 11 aromatic carbocycles. The number of nitrogens with zero attached hydrogens (tertiary/aromatic N) is 6. The van der Waals surface area contributed by atoms with Gasteiger partial charge in [-0.25, -0.2) is 4.85 Å². The minimum Gasteiger partial charge on any atom is -0.456 e. The maximum absolute atomic E-state index is 12.7. The Morgan fingerprint density at radius 1 is 0.316 bits per heavy atom. The zero-order valence-corrected chi connectivity index (χ0v) is 40.3. The van der Waals surface area contributed by atoms with E-state index in [1.807, 2.05) is 42.5 Å². The molecule has 17 aromatic rings. The van der Waals surface area contributed by atoms with Crippen molar-refractivity contribution in [2.75, 3.05) is 0 Å². The fourth-order valence-electron chi connectivity index (χ4n) is 13.1. The summed E-state index contributed by atoms with van der Waals surface area (Å²) in [5.41, 5.74) is 13.2. The SMILES string of the molecule is [C-]#[N+]c1c(-n2c3ccccc3c3ccccc32)c(-n2c3ccccc3c3ccc4oc5ccccc5c4c32)c(-n2c3ccccc3c3ccccc32)c(C#N)c1-n1c2ccccc2c2ccc3oc4ccccc4c3c21. The summed E-state index contributed by atoms with van der Waals surface area (Å²) in [6, 6.07) is 78.4. The molecule has 6 heterocycles. The third-order valence-electron chi connectivity index (χ3n) is 16.0. The van der Waals surface area contributed by atoms with Crippen molar-refractivity contribution in [1.82, 2.24) is 18.3 Å². The number of furan rings is 2. The van der Waals surface area contributed by atoms with E-state index in [2.05, 4.69) is 200 Å². The van der Waals surface area contributed by atoms with E-state index in [1.54, 1.807) is 0 Å². The quantitative estimate of drug-likeness (QED) is 0.165. The Labute approximate surface area is 431 Å². The first-order chi connectivity index (χ1) is 37.7. The van der Waals surface area contributed by atoms with Crippen molar-refractivity contribution in [2.24, 2.45) is 0 Å². The molecule has 0 unspecified atom stereocenters. The van der Waals surface area contributed by atoms with Crippen LogP contribution in [0, 0.1) is 17.9 Å². The van der Waals surface area contributed by atoms with E-state index in [0.29, 0.717) is 39.6 Å². The van der Waals surface area contributed by atoms with Crippen molar-refractivity contribution >= 4 is 137 Å². The van der Waals surface area contributed by atoms with E-state index in [0.717, 1.165) is 126 Å². The monoisotopic (exact) mass is 968 g/mol. The van der Waals surface area contributed by atoms with Gasteiger partial charge in [0.15, 0.2) is 0 Å². The van der Waals surface area contributed by atoms with Crippen molar-refractivity contribution in [1.29, 1.82) is 5.26 Å². The van der Waals surface area contributed by atoms with Crippen LogP contribution >= 0.6 is 0 Å². The maximum atomic E-state index is 12.7. The topological polar surface area (TPSA) is 74.2 Å². The molecule has 0 atom stereocenters. The van der Waals surface area contributed by atoms with Gasteiger partial charge in [0, 0.05) is 53.9 Å². The second-order valence-electron chi connectivity index (χ2n) is 19.7. The van der Waals surface area contributed by atoms with Crippen LogP contribution in [0.3, 0.4) is 0 Å². The minimum absolute atomic E-state index is 0.310. The molecule has 0 N–H and O–H groups in total. The molecule has 76 heavy (non-hydrogen) atoms. The van der Waals surface area contributed by atoms with Gasteiger partial charge in [-0.05, 0) is 72.8 Å². The third kappa shape index (κ3) is 5.09. The van der Waals surface area contributed by atoms with Crippen LogP contribution in [0.4, 0.5) is 5.69 Å². The van der Waals surface area contributed by atoms with Crippen LogP contribution in [-0.4, -0.2) is 18.3 Å². The lowest BCUT2D eigenvalue weighted by atomic mass is 10.0. The minimum atomic E-state index is 0.310. The fraction of sp³-hybridized carbons (Fsp3) is 0. The highest BCUT2D eigenvalue weighted by Crippen LogP contribution is 2.53. The second kappa shape index (κ2) is 14.9. The molecule has 0 bridgehead atoms. The molecule has 0 saturated heterocycles. The van der Waals surface area contributed by atoms with Crippen molar-refractivity contribution in [3.05, 3.63) is 235 Å². The summed E-state index contributed by atoms with van der Waals surface area (Å²) in [7, 11) is 0. The zero-order valence-electron chi connectivity index (χ0n) is 40.3. The van der Waals surface area contributed by atoms with Gasteiger partial charge in [-0.1, -0.05) is 146 Å². The summed E-state index contributed by atoms with van der Waals surface area (Å²) in [5.74, 6) is 0. The standard InChI is InChI=1S/C68H36N6O2/c1-70-62-65(73-54-30-14-6-22-43(54)45-34-36-58-60(63(45)73)47-24-8-16-32-56(47)75-58)49(38-69)66(71-50-26-10-2-18-39(50)40-19-3-11-27-51(40)71)68(67(62)72-52-28-12-4-20-41(52)42-21-5-13-29-53(42)72)74-55-31-15-7-23-44(55)46-35-37-59-61(64(46)74)48-25-9-17-33-57(48)76-59/h2-37H. The summed E-state index contributed by atoms with van der Waals surface area (Å²) in [6.45, 7) is 9.91. The van der Waals surface area contributed by atoms with Crippen LogP contribution < -0.4 is 0 Å². The number of benzene rings is 11. The smallest absolute Gasteiger partial charge is 0.237 e. The average molecular weight is 969 g/mol. The lowest BCUT2D eigenvalue weighted by Crippen LogP contribution is -2.14. The van der Waals surface area contributed by atoms with Crippen LogP contribution in [-0.2, 0) is 0 Å². The van der Waals surface area contributed by atoms with Crippen LogP contribution in [0.2, 0.25) is 0 Å². The molecule has 0 amide bonds. The molecule has 6 aromatic heterocycles. The predicted octanol–water partition coefficient (Wildman–Crippen LogP) is 18.3. The highest BCUT2D eigenvalue weighted by Gasteiger charge is 2.35. The largest absolute Gasteiger partial charge is 0.456 e. The predicted molar refractivity (Wildman–Crippen MR) is 309 cm³/mol. The van der Waals surface area contributed by atoms with E-state index in [1.165, 1.54) is 0 Å². The molecule has 0 fully saturated rings. The first-order valence-electron chi connectivity index (χ1n) is 25.4. The van der Waals surface area contributed by atoms with Gasteiger partial charge in [0.25, 0.3) is 0 Å². The number of hydrogen-bond donors (Lipinski definition) is 0. The molecule has 8 heteroatoms. The van der Waals surface area contributed by atoms with Gasteiger partial charge in [-0.2, -0.15) is 5.26 Å². The molecular weight excluding hydrogens is 933 g/mol. The summed E-state index contributed by atoms with van der Waals surface area (Å²) >= 11 is 0. The summed E-state index contributed by atoms with van der Waals surface area (Å²) in [5, 5.41) is 24.6. The first-order valence-corrected chi connectivity index (χ1v) is 25.4. The lowest BCUT2D eigenvalue weighted by Gasteiger charge is -2.27. The molecule has 0 radical (unpaired) electrons. The average Bonchev–Trinajstić information content (AvgIpc) is 4.43. The van der Waals surface area contributed by atoms with Gasteiger partial charge in [-0.3, -0.25) is 0 Å². The highest BCUT2D eigenvalue weighted by atomic mass is 16.3. The molecule has 0 aliphatic rings. The molecular formula is C68H36N6O2. The Bertz CT molecular complexity index is 5260. The molecule has 350 valence electrons. The van der Waals surface area contributed by atoms with Gasteiger partial charge in [-0.15, -0.1) is 0 Å². The normalized spacial score (nSPS) is 12.2. The fourth-order valence-corrected chi connectivity index (χ4v) is 13.1. The summed E-state index contributed by atoms with van der Waals surface area (Å²) in [6.07, 6.45) is 0. The van der Waals surface area contributed by atoms with Gasteiger partial charge >= 0.3 is 0 Å². The Morgan fingerprint density at radius 2 is 0.645 bits per heavy atom. The van der Waals surface area contributed by atoms with Gasteiger partial charge in [0.2, 0.25) is 5.69 Å². The second-order valence-corrected chi connectivity index (χ2v) is 19.7. The Morgan fingerprint density at radius 3 is 1.04 bits per heavy atom. The summed E-state index contributed by atoms with van der Waals surface area (Å²) < 4.78 is 22.5. The summed E-state index contributed by atoms with van der Waals surface area (Å²) in [4.78, 5) is 4.82. The van der Waals surface area contributed by atoms with Gasteiger partial charge in [0.05, 0.1) is 89.8 Å². The third-order valence-corrected chi connectivity index (χ3v) is 16.0. The molecule has 0 saturated carbocycles. The van der Waals surface area contributed by atoms with Crippen molar-refractivity contribution in [3.8, 4) is 28.8 Å². The van der Waals surface area contributed by atoms with Crippen LogP contribution in [0.5, 0.6) is 0 Å². The van der Waals surface area contributed by atoms with E-state index < -0.39 is 0 Å². The van der Waals surface area contributed by atoms with Crippen LogP contribution in [0.15, 0.2) is 227 Å². The molecule has 8 nitrogen and oxygen atoms in total. The molecule has 0 aliphatic carbocycles. The number of para-hydroxylation sites is 8. The lowest BCUT2D eigenvalue weighted by molar-refractivity contribution is 0.669. The van der Waals surface area contributed by atoms with E-state index in [4.69, 9.17) is 13.7 Å². The molecule has 17 rings (SSSR count). The Balaban J connectivity index is 1.23. The number of aromatic nitrogens is 4. The first kappa shape index (κ1) is 40.8. The van der Waals surface area contributed by atoms with Gasteiger partial charge < -0.3 is 27.1 Å². The maximum Gasteiger partial charge on any atom is 0.237 e. The number of fused-ring (bicyclic) bond motifs is 20. The van der Waals surface area contributed by atoms with E-state index in [9.17, 15) is 11.8 Å². The number of nitriles is 1. The van der Waals surface area contributed by atoms with E-state index in [-0.39, 0.29) is 0 Å². The number of rotatable bonds is 4. The van der Waals surface area contributed by atoms with E-state index >= 15 is 0 Å². The molecule has 0 aliphatic heterocycles. The van der Waals surface area contributed by atoms with Crippen molar-refractivity contribution in [2.45, 2.75) is 0 Å². The molecule has 0 spiro atoms.